The van der Waals surface area contributed by atoms with Crippen LogP contribution in [-0.2, 0) is 0 Å². The molecule has 130 valence electrons. The van der Waals surface area contributed by atoms with Gasteiger partial charge >= 0.3 is 0 Å². The molecule has 26 heavy (non-hydrogen) atoms. The molecule has 0 radical (unpaired) electrons. The molecule has 0 aliphatic heterocycles. The Hall–Kier alpha value is -3.14. The maximum absolute atomic E-state index is 13.5. The molecule has 0 aromatic heterocycles. The van der Waals surface area contributed by atoms with Gasteiger partial charge in [0.2, 0.25) is 0 Å². The van der Waals surface area contributed by atoms with Crippen molar-refractivity contribution >= 4 is 23.8 Å². The second-order valence-electron chi connectivity index (χ2n) is 6.05. The number of benzene rings is 3. The van der Waals surface area contributed by atoms with Gasteiger partial charge in [-0.15, -0.1) is 0 Å². The van der Waals surface area contributed by atoms with Crippen molar-refractivity contribution in [2.24, 2.45) is 9.98 Å². The fraction of sp³-hybridized carbons (Fsp3) is 0.0909. The number of hydrogen-bond donors (Lipinski definition) is 0. The molecule has 4 heteroatoms. The van der Waals surface area contributed by atoms with Gasteiger partial charge in [0.15, 0.2) is 0 Å². The lowest BCUT2D eigenvalue weighted by Gasteiger charge is -1.99. The number of hydrogen-bond acceptors (Lipinski definition) is 2. The molecule has 0 N–H and O–H groups in total. The van der Waals surface area contributed by atoms with Crippen LogP contribution < -0.4 is 0 Å². The summed E-state index contributed by atoms with van der Waals surface area (Å²) in [6.45, 7) is 3.43. The molecule has 0 aliphatic carbocycles. The van der Waals surface area contributed by atoms with Crippen LogP contribution in [0, 0.1) is 25.5 Å². The van der Waals surface area contributed by atoms with Gasteiger partial charge in [-0.2, -0.15) is 0 Å². The van der Waals surface area contributed by atoms with Crippen molar-refractivity contribution in [2.45, 2.75) is 13.8 Å². The van der Waals surface area contributed by atoms with Gasteiger partial charge in [-0.1, -0.05) is 36.4 Å². The number of halogens is 2. The molecular formula is C22H18F2N2. The van der Waals surface area contributed by atoms with Crippen LogP contribution in [0.15, 0.2) is 70.6 Å². The maximum atomic E-state index is 13.5. The Balaban J connectivity index is 1.69. The van der Waals surface area contributed by atoms with Crippen molar-refractivity contribution in [1.82, 2.24) is 0 Å². The lowest BCUT2D eigenvalue weighted by Crippen LogP contribution is -1.85. The summed E-state index contributed by atoms with van der Waals surface area (Å²) >= 11 is 0. The maximum Gasteiger partial charge on any atom is 0.128 e. The van der Waals surface area contributed by atoms with Crippen LogP contribution in [-0.4, -0.2) is 12.4 Å². The number of rotatable bonds is 4. The van der Waals surface area contributed by atoms with Gasteiger partial charge in [0.25, 0.3) is 0 Å². The molecule has 0 spiro atoms. The van der Waals surface area contributed by atoms with Gasteiger partial charge in [0.05, 0.1) is 11.4 Å². The third-order valence-corrected chi connectivity index (χ3v) is 3.97. The van der Waals surface area contributed by atoms with Gasteiger partial charge in [0.1, 0.15) is 11.6 Å². The minimum atomic E-state index is -0.265. The highest BCUT2D eigenvalue weighted by Crippen LogP contribution is 2.18. The number of aryl methyl sites for hydroxylation is 2. The largest absolute Gasteiger partial charge is 0.256 e. The number of nitrogens with zero attached hydrogens (tertiary/aromatic N) is 2. The van der Waals surface area contributed by atoms with Crippen LogP contribution in [0.3, 0.4) is 0 Å². The summed E-state index contributed by atoms with van der Waals surface area (Å²) in [7, 11) is 0. The fourth-order valence-corrected chi connectivity index (χ4v) is 2.29. The second-order valence-corrected chi connectivity index (χ2v) is 6.05. The zero-order valence-corrected chi connectivity index (χ0v) is 14.6. The van der Waals surface area contributed by atoms with Crippen molar-refractivity contribution in [3.8, 4) is 0 Å². The molecule has 0 aliphatic rings. The molecule has 3 aromatic rings. The molecule has 0 saturated heterocycles. The Morgan fingerprint density at radius 2 is 1.00 bits per heavy atom. The lowest BCUT2D eigenvalue weighted by molar-refractivity contribution is 0.618. The first kappa shape index (κ1) is 17.7. The Kier molecular flexibility index (Phi) is 5.32. The average molecular weight is 348 g/mol. The van der Waals surface area contributed by atoms with Crippen molar-refractivity contribution in [3.05, 3.63) is 94.6 Å². The summed E-state index contributed by atoms with van der Waals surface area (Å²) < 4.78 is 27.0. The zero-order valence-electron chi connectivity index (χ0n) is 14.6. The zero-order chi connectivity index (χ0) is 18.5. The topological polar surface area (TPSA) is 24.7 Å². The fourth-order valence-electron chi connectivity index (χ4n) is 2.29. The lowest BCUT2D eigenvalue weighted by atomic mass is 10.1. The van der Waals surface area contributed by atoms with Crippen LogP contribution in [0.4, 0.5) is 20.2 Å². The Morgan fingerprint density at radius 1 is 0.615 bits per heavy atom. The highest BCUT2D eigenvalue weighted by Gasteiger charge is 1.99. The monoisotopic (exact) mass is 348 g/mol. The molecule has 0 heterocycles. The van der Waals surface area contributed by atoms with E-state index in [0.717, 1.165) is 11.1 Å². The highest BCUT2D eigenvalue weighted by molar-refractivity contribution is 5.86. The van der Waals surface area contributed by atoms with Crippen LogP contribution in [0.25, 0.3) is 0 Å². The molecule has 0 unspecified atom stereocenters. The van der Waals surface area contributed by atoms with Crippen LogP contribution in [0.5, 0.6) is 0 Å². The van der Waals surface area contributed by atoms with E-state index in [1.165, 1.54) is 12.1 Å². The predicted octanol–water partition coefficient (Wildman–Crippen LogP) is 6.08. The number of aliphatic imine (C=N–C) groups is 2. The quantitative estimate of drug-likeness (QED) is 0.510. The summed E-state index contributed by atoms with van der Waals surface area (Å²) in [5.74, 6) is -0.530. The summed E-state index contributed by atoms with van der Waals surface area (Å²) in [5.41, 5.74) is 4.12. The molecule has 0 fully saturated rings. The van der Waals surface area contributed by atoms with Gasteiger partial charge in [-0.05, 0) is 60.4 Å². The predicted molar refractivity (Wildman–Crippen MR) is 103 cm³/mol. The smallest absolute Gasteiger partial charge is 0.128 e. The van der Waals surface area contributed by atoms with Gasteiger partial charge in [-0.25, -0.2) is 8.78 Å². The summed E-state index contributed by atoms with van der Waals surface area (Å²) in [5, 5.41) is 0. The summed E-state index contributed by atoms with van der Waals surface area (Å²) in [6, 6.07) is 17.4. The van der Waals surface area contributed by atoms with Gasteiger partial charge in [0, 0.05) is 12.4 Å². The third kappa shape index (κ3) is 4.48. The Bertz CT molecular complexity index is 893. The normalized spacial score (nSPS) is 11.5. The van der Waals surface area contributed by atoms with E-state index in [1.54, 1.807) is 50.5 Å². The van der Waals surface area contributed by atoms with E-state index in [4.69, 9.17) is 0 Å². The third-order valence-electron chi connectivity index (χ3n) is 3.97. The molecular weight excluding hydrogens is 330 g/mol. The Labute approximate surface area is 151 Å². The first-order valence-electron chi connectivity index (χ1n) is 8.22. The van der Waals surface area contributed by atoms with Crippen LogP contribution in [0.1, 0.15) is 22.3 Å². The Morgan fingerprint density at radius 3 is 1.35 bits per heavy atom. The van der Waals surface area contributed by atoms with E-state index < -0.39 is 0 Å². The van der Waals surface area contributed by atoms with E-state index in [9.17, 15) is 8.78 Å². The summed E-state index contributed by atoms with van der Waals surface area (Å²) in [6.07, 6.45) is 3.36. The van der Waals surface area contributed by atoms with Crippen LogP contribution >= 0.6 is 0 Å². The minimum Gasteiger partial charge on any atom is -0.256 e. The van der Waals surface area contributed by atoms with E-state index in [2.05, 4.69) is 9.98 Å². The second kappa shape index (κ2) is 7.83. The van der Waals surface area contributed by atoms with E-state index in [-0.39, 0.29) is 11.6 Å². The molecule has 3 aromatic carbocycles. The van der Waals surface area contributed by atoms with E-state index in [0.29, 0.717) is 22.5 Å². The van der Waals surface area contributed by atoms with Crippen molar-refractivity contribution in [2.75, 3.05) is 0 Å². The highest BCUT2D eigenvalue weighted by atomic mass is 19.1. The SMILES string of the molecule is Cc1ccc(N=Cc2ccc(C=Nc3ccc(C)c(F)c3)cc2)cc1F. The molecule has 0 amide bonds. The first-order chi connectivity index (χ1) is 12.5. The van der Waals surface area contributed by atoms with Crippen LogP contribution in [0.2, 0.25) is 0 Å². The first-order valence-corrected chi connectivity index (χ1v) is 8.22. The van der Waals surface area contributed by atoms with Gasteiger partial charge in [-0.3, -0.25) is 9.98 Å². The van der Waals surface area contributed by atoms with Crippen molar-refractivity contribution in [3.63, 3.8) is 0 Å². The minimum absolute atomic E-state index is 0.265. The molecule has 2 nitrogen and oxygen atoms in total. The van der Waals surface area contributed by atoms with Crippen molar-refractivity contribution in [1.29, 1.82) is 0 Å². The van der Waals surface area contributed by atoms with E-state index >= 15 is 0 Å². The molecule has 0 atom stereocenters. The molecule has 0 saturated carbocycles. The van der Waals surface area contributed by atoms with E-state index in [1.807, 2.05) is 24.3 Å². The average Bonchev–Trinajstić information content (AvgIpc) is 2.64. The molecule has 0 bridgehead atoms. The van der Waals surface area contributed by atoms with Gasteiger partial charge < -0.3 is 0 Å². The molecule has 3 rings (SSSR count). The van der Waals surface area contributed by atoms with Crippen molar-refractivity contribution < 1.29 is 8.78 Å². The standard InChI is InChI=1S/C22H18F2N2/c1-15-3-9-19(11-21(15)23)25-13-17-5-7-18(8-6-17)14-26-20-10-4-16(2)22(24)12-20/h3-14H,1-2H3. The summed E-state index contributed by atoms with van der Waals surface area (Å²) in [4.78, 5) is 8.56.